The summed E-state index contributed by atoms with van der Waals surface area (Å²) in [4.78, 5) is 0. The first-order chi connectivity index (χ1) is 8.93. The van der Waals surface area contributed by atoms with Crippen molar-refractivity contribution in [2.24, 2.45) is 0 Å². The van der Waals surface area contributed by atoms with Crippen molar-refractivity contribution in [3.05, 3.63) is 0 Å². The lowest BCUT2D eigenvalue weighted by atomic mass is 9.77. The Bertz CT molecular complexity index is 348. The van der Waals surface area contributed by atoms with Gasteiger partial charge in [0.1, 0.15) is 9.84 Å². The molecule has 0 bridgehead atoms. The van der Waals surface area contributed by atoms with E-state index in [-0.39, 0.29) is 17.4 Å². The molecule has 0 aromatic carbocycles. The average Bonchev–Trinajstić information content (AvgIpc) is 2.37. The van der Waals surface area contributed by atoms with Crippen LogP contribution in [-0.4, -0.2) is 45.7 Å². The molecule has 0 aliphatic heterocycles. The molecule has 1 N–H and O–H groups in total. The molecule has 1 rings (SSSR count). The molecular formula is C14H29NO3S. The Balaban J connectivity index is 2.63. The van der Waals surface area contributed by atoms with Crippen LogP contribution in [0, 0.1) is 0 Å². The van der Waals surface area contributed by atoms with Gasteiger partial charge in [-0.2, -0.15) is 0 Å². The maximum absolute atomic E-state index is 11.2. The van der Waals surface area contributed by atoms with Crippen molar-refractivity contribution in [2.75, 3.05) is 25.7 Å². The average molecular weight is 291 g/mol. The van der Waals surface area contributed by atoms with Gasteiger partial charge in [0.25, 0.3) is 0 Å². The molecule has 1 aliphatic rings. The second-order valence-electron chi connectivity index (χ2n) is 5.71. The predicted molar refractivity (Wildman–Crippen MR) is 79.2 cm³/mol. The monoisotopic (exact) mass is 291 g/mol. The van der Waals surface area contributed by atoms with E-state index in [9.17, 15) is 8.42 Å². The zero-order valence-corrected chi connectivity index (χ0v) is 13.4. The number of hydrogen-bond acceptors (Lipinski definition) is 4. The highest BCUT2D eigenvalue weighted by Gasteiger charge is 2.39. The van der Waals surface area contributed by atoms with E-state index in [1.807, 2.05) is 0 Å². The third-order valence-corrected chi connectivity index (χ3v) is 5.23. The summed E-state index contributed by atoms with van der Waals surface area (Å²) >= 11 is 0. The Labute approximate surface area is 118 Å². The van der Waals surface area contributed by atoms with Gasteiger partial charge in [-0.05, 0) is 32.2 Å². The number of rotatable bonds is 8. The Morgan fingerprint density at radius 2 is 1.89 bits per heavy atom. The molecule has 1 atom stereocenters. The second-order valence-corrected chi connectivity index (χ2v) is 7.97. The topological polar surface area (TPSA) is 55.4 Å². The van der Waals surface area contributed by atoms with Crippen LogP contribution in [0.3, 0.4) is 0 Å². The van der Waals surface area contributed by atoms with E-state index in [1.165, 1.54) is 25.5 Å². The molecule has 19 heavy (non-hydrogen) atoms. The van der Waals surface area contributed by atoms with Gasteiger partial charge in [0.15, 0.2) is 0 Å². The van der Waals surface area contributed by atoms with E-state index in [2.05, 4.69) is 12.2 Å². The van der Waals surface area contributed by atoms with Gasteiger partial charge < -0.3 is 10.1 Å². The Morgan fingerprint density at radius 3 is 2.37 bits per heavy atom. The molecule has 1 aliphatic carbocycles. The summed E-state index contributed by atoms with van der Waals surface area (Å²) in [6.07, 6.45) is 8.76. The lowest BCUT2D eigenvalue weighted by molar-refractivity contribution is -0.0690. The summed E-state index contributed by atoms with van der Waals surface area (Å²) in [5.74, 6) is 0.273. The van der Waals surface area contributed by atoms with Gasteiger partial charge in [-0.1, -0.05) is 26.2 Å². The highest BCUT2D eigenvalue weighted by Crippen LogP contribution is 2.35. The molecule has 0 heterocycles. The van der Waals surface area contributed by atoms with Crippen LogP contribution in [0.1, 0.15) is 51.9 Å². The maximum atomic E-state index is 11.2. The van der Waals surface area contributed by atoms with Crippen molar-refractivity contribution in [3.8, 4) is 0 Å². The maximum Gasteiger partial charge on any atom is 0.147 e. The third-order valence-electron chi connectivity index (χ3n) is 4.20. The largest absolute Gasteiger partial charge is 0.377 e. The summed E-state index contributed by atoms with van der Waals surface area (Å²) in [5.41, 5.74) is -0.0915. The van der Waals surface area contributed by atoms with E-state index in [1.54, 1.807) is 7.11 Å². The van der Waals surface area contributed by atoms with Crippen molar-refractivity contribution in [2.45, 2.75) is 63.5 Å². The summed E-state index contributed by atoms with van der Waals surface area (Å²) in [6.45, 7) is 2.99. The predicted octanol–water partition coefficient (Wildman–Crippen LogP) is 2.14. The second kappa shape index (κ2) is 7.60. The van der Waals surface area contributed by atoms with Gasteiger partial charge in [0.2, 0.25) is 0 Å². The van der Waals surface area contributed by atoms with Crippen molar-refractivity contribution in [3.63, 3.8) is 0 Å². The molecule has 1 unspecified atom stereocenters. The van der Waals surface area contributed by atoms with Crippen molar-refractivity contribution in [1.82, 2.24) is 5.32 Å². The summed E-state index contributed by atoms with van der Waals surface area (Å²) in [6, 6.07) is 0.268. The molecule has 0 spiro atoms. The molecule has 0 saturated heterocycles. The fourth-order valence-electron chi connectivity index (χ4n) is 3.19. The standard InChI is InChI=1S/C14H29NO3S/c1-4-15-13(9-8-12-19(3,16)17)14(18-2)10-6-5-7-11-14/h13,15H,4-12H2,1-3H3. The van der Waals surface area contributed by atoms with E-state index in [0.29, 0.717) is 6.42 Å². The number of hydrogen-bond donors (Lipinski definition) is 1. The fraction of sp³-hybridized carbons (Fsp3) is 1.00. The highest BCUT2D eigenvalue weighted by molar-refractivity contribution is 7.90. The van der Waals surface area contributed by atoms with Gasteiger partial charge in [-0.25, -0.2) is 8.42 Å². The first-order valence-corrected chi connectivity index (χ1v) is 9.46. The van der Waals surface area contributed by atoms with Gasteiger partial charge in [-0.15, -0.1) is 0 Å². The van der Waals surface area contributed by atoms with E-state index >= 15 is 0 Å². The molecule has 0 aromatic heterocycles. The Morgan fingerprint density at radius 1 is 1.26 bits per heavy atom. The SMILES string of the molecule is CCNC(CCCS(C)(=O)=O)C1(OC)CCCCC1. The van der Waals surface area contributed by atoms with Crippen LogP contribution in [0.25, 0.3) is 0 Å². The fourth-order valence-corrected chi connectivity index (χ4v) is 3.88. The van der Waals surface area contributed by atoms with Crippen LogP contribution >= 0.6 is 0 Å². The highest BCUT2D eigenvalue weighted by atomic mass is 32.2. The normalized spacial score (nSPS) is 21.2. The van der Waals surface area contributed by atoms with Crippen LogP contribution in [-0.2, 0) is 14.6 Å². The Kier molecular flexibility index (Phi) is 6.77. The van der Waals surface area contributed by atoms with Crippen LogP contribution < -0.4 is 5.32 Å². The minimum atomic E-state index is -2.86. The summed E-state index contributed by atoms with van der Waals surface area (Å²) < 4.78 is 28.4. The first-order valence-electron chi connectivity index (χ1n) is 7.40. The van der Waals surface area contributed by atoms with Gasteiger partial charge in [0.05, 0.1) is 5.60 Å². The van der Waals surface area contributed by atoms with Gasteiger partial charge >= 0.3 is 0 Å². The zero-order chi connectivity index (χ0) is 14.4. The molecule has 1 fully saturated rings. The molecule has 114 valence electrons. The minimum Gasteiger partial charge on any atom is -0.377 e. The molecule has 4 nitrogen and oxygen atoms in total. The number of sulfone groups is 1. The molecule has 0 amide bonds. The van der Waals surface area contributed by atoms with Crippen molar-refractivity contribution in [1.29, 1.82) is 0 Å². The number of ether oxygens (including phenoxy) is 1. The molecule has 5 heteroatoms. The lowest BCUT2D eigenvalue weighted by Crippen LogP contribution is -2.53. The number of nitrogens with one attached hydrogen (secondary N) is 1. The quantitative estimate of drug-likeness (QED) is 0.744. The molecule has 1 saturated carbocycles. The molecule has 0 radical (unpaired) electrons. The van der Waals surface area contributed by atoms with Gasteiger partial charge in [0, 0.05) is 25.2 Å². The van der Waals surface area contributed by atoms with Crippen LogP contribution in [0.4, 0.5) is 0 Å². The van der Waals surface area contributed by atoms with Crippen LogP contribution in [0.5, 0.6) is 0 Å². The summed E-state index contributed by atoms with van der Waals surface area (Å²) in [7, 11) is -1.06. The number of likely N-dealkylation sites (N-methyl/N-ethyl adjacent to an activating group) is 1. The van der Waals surface area contributed by atoms with Crippen molar-refractivity contribution >= 4 is 9.84 Å². The van der Waals surface area contributed by atoms with Crippen molar-refractivity contribution < 1.29 is 13.2 Å². The van der Waals surface area contributed by atoms with Crippen LogP contribution in [0.2, 0.25) is 0 Å². The van der Waals surface area contributed by atoms with E-state index in [0.717, 1.165) is 25.8 Å². The number of methoxy groups -OCH3 is 1. The third kappa shape index (κ3) is 5.40. The first kappa shape index (κ1) is 16.9. The minimum absolute atomic E-state index is 0.0915. The van der Waals surface area contributed by atoms with Gasteiger partial charge in [-0.3, -0.25) is 0 Å². The van der Waals surface area contributed by atoms with E-state index < -0.39 is 9.84 Å². The Hall–Kier alpha value is -0.130. The van der Waals surface area contributed by atoms with E-state index in [4.69, 9.17) is 4.74 Å². The van der Waals surface area contributed by atoms with Crippen LogP contribution in [0.15, 0.2) is 0 Å². The molecular weight excluding hydrogens is 262 g/mol. The molecule has 0 aromatic rings. The zero-order valence-electron chi connectivity index (χ0n) is 12.6. The lowest BCUT2D eigenvalue weighted by Gasteiger charge is -2.43. The smallest absolute Gasteiger partial charge is 0.147 e. The summed E-state index contributed by atoms with van der Waals surface area (Å²) in [5, 5.41) is 3.51.